The molecule has 1 aromatic heterocycles. The van der Waals surface area contributed by atoms with E-state index in [4.69, 9.17) is 16.3 Å². The third-order valence-corrected chi connectivity index (χ3v) is 4.66. The highest BCUT2D eigenvalue weighted by molar-refractivity contribution is 6.30. The number of hydrogen-bond acceptors (Lipinski definition) is 3. The summed E-state index contributed by atoms with van der Waals surface area (Å²) in [4.78, 5) is 4.16. The maximum absolute atomic E-state index is 6.35. The molecule has 0 unspecified atom stereocenters. The minimum absolute atomic E-state index is 0.619. The molecular formula is C23H18ClN3O. The SMILES string of the molecule is COc1ccc(Cl)cc1C(=C(c1ccccc1)c1ccccc1)n1cncn1. The van der Waals surface area contributed by atoms with Gasteiger partial charge in [0.25, 0.3) is 0 Å². The van der Waals surface area contributed by atoms with Crippen LogP contribution in [-0.4, -0.2) is 21.9 Å². The zero-order chi connectivity index (χ0) is 19.3. The summed E-state index contributed by atoms with van der Waals surface area (Å²) in [6.45, 7) is 0. The number of aromatic nitrogens is 3. The Morgan fingerprint density at radius 3 is 2.07 bits per heavy atom. The van der Waals surface area contributed by atoms with E-state index >= 15 is 0 Å². The zero-order valence-electron chi connectivity index (χ0n) is 15.3. The van der Waals surface area contributed by atoms with Gasteiger partial charge in [-0.15, -0.1) is 0 Å². The van der Waals surface area contributed by atoms with E-state index in [1.165, 1.54) is 6.33 Å². The molecule has 0 amide bonds. The lowest BCUT2D eigenvalue weighted by molar-refractivity contribution is 0.413. The van der Waals surface area contributed by atoms with Crippen LogP contribution in [0.1, 0.15) is 16.7 Å². The Balaban J connectivity index is 2.13. The van der Waals surface area contributed by atoms with Crippen molar-refractivity contribution in [3.8, 4) is 5.75 Å². The van der Waals surface area contributed by atoms with Gasteiger partial charge in [0.15, 0.2) is 0 Å². The van der Waals surface area contributed by atoms with E-state index in [1.807, 2.05) is 54.6 Å². The van der Waals surface area contributed by atoms with Crippen LogP contribution >= 0.6 is 11.6 Å². The zero-order valence-corrected chi connectivity index (χ0v) is 16.0. The lowest BCUT2D eigenvalue weighted by atomic mass is 9.93. The highest BCUT2D eigenvalue weighted by Gasteiger charge is 2.20. The van der Waals surface area contributed by atoms with Crippen LogP contribution in [0.25, 0.3) is 11.3 Å². The van der Waals surface area contributed by atoms with Crippen molar-refractivity contribution in [2.75, 3.05) is 7.11 Å². The van der Waals surface area contributed by atoms with Crippen LogP contribution in [-0.2, 0) is 0 Å². The summed E-state index contributed by atoms with van der Waals surface area (Å²) >= 11 is 6.35. The van der Waals surface area contributed by atoms with E-state index in [9.17, 15) is 0 Å². The normalized spacial score (nSPS) is 10.5. The molecule has 0 spiro atoms. The molecule has 1 heterocycles. The second kappa shape index (κ2) is 8.11. The van der Waals surface area contributed by atoms with Crippen molar-refractivity contribution in [3.63, 3.8) is 0 Å². The van der Waals surface area contributed by atoms with Crippen molar-refractivity contribution in [2.24, 2.45) is 0 Å². The number of methoxy groups -OCH3 is 1. The first kappa shape index (κ1) is 18.0. The van der Waals surface area contributed by atoms with Gasteiger partial charge < -0.3 is 4.74 Å². The number of hydrogen-bond donors (Lipinski definition) is 0. The first-order chi connectivity index (χ1) is 13.8. The average molecular weight is 388 g/mol. The smallest absolute Gasteiger partial charge is 0.138 e. The fourth-order valence-electron chi connectivity index (χ4n) is 3.21. The average Bonchev–Trinajstić information content (AvgIpc) is 3.27. The molecule has 0 saturated carbocycles. The second-order valence-corrected chi connectivity index (χ2v) is 6.58. The van der Waals surface area contributed by atoms with E-state index in [2.05, 4.69) is 34.3 Å². The quantitative estimate of drug-likeness (QED) is 0.430. The molecule has 4 rings (SSSR count). The number of benzene rings is 3. The van der Waals surface area contributed by atoms with E-state index in [1.54, 1.807) is 18.1 Å². The third-order valence-electron chi connectivity index (χ3n) is 4.43. The molecule has 0 saturated heterocycles. The number of ether oxygens (including phenoxy) is 1. The van der Waals surface area contributed by atoms with Crippen molar-refractivity contribution in [2.45, 2.75) is 0 Å². The molecule has 0 N–H and O–H groups in total. The molecule has 3 aromatic carbocycles. The molecule has 0 bridgehead atoms. The molecule has 5 heteroatoms. The first-order valence-corrected chi connectivity index (χ1v) is 9.20. The van der Waals surface area contributed by atoms with Crippen LogP contribution in [0.2, 0.25) is 5.02 Å². The summed E-state index contributed by atoms with van der Waals surface area (Å²) < 4.78 is 7.40. The summed E-state index contributed by atoms with van der Waals surface area (Å²) in [5.74, 6) is 0.708. The predicted octanol–water partition coefficient (Wildman–Crippen LogP) is 5.41. The number of rotatable bonds is 5. The Kier molecular flexibility index (Phi) is 5.22. The van der Waals surface area contributed by atoms with Gasteiger partial charge in [0, 0.05) is 16.2 Å². The van der Waals surface area contributed by atoms with Crippen molar-refractivity contribution < 1.29 is 4.74 Å². The second-order valence-electron chi connectivity index (χ2n) is 6.14. The van der Waals surface area contributed by atoms with Crippen molar-refractivity contribution in [1.82, 2.24) is 14.8 Å². The summed E-state index contributed by atoms with van der Waals surface area (Å²) in [5.41, 5.74) is 4.80. The highest BCUT2D eigenvalue weighted by atomic mass is 35.5. The van der Waals surface area contributed by atoms with E-state index in [0.717, 1.165) is 28.0 Å². The van der Waals surface area contributed by atoms with Crippen LogP contribution in [0.15, 0.2) is 91.5 Å². The Labute approximate surface area is 168 Å². The monoisotopic (exact) mass is 387 g/mol. The van der Waals surface area contributed by atoms with Gasteiger partial charge in [-0.1, -0.05) is 72.3 Å². The van der Waals surface area contributed by atoms with E-state index in [0.29, 0.717) is 10.8 Å². The van der Waals surface area contributed by atoms with Gasteiger partial charge in [-0.3, -0.25) is 0 Å². The molecule has 0 fully saturated rings. The highest BCUT2D eigenvalue weighted by Crippen LogP contribution is 2.37. The summed E-state index contributed by atoms with van der Waals surface area (Å²) in [6.07, 6.45) is 3.20. The molecule has 0 radical (unpaired) electrons. The summed E-state index contributed by atoms with van der Waals surface area (Å²) in [5, 5.41) is 5.04. The minimum atomic E-state index is 0.619. The molecule has 0 aliphatic carbocycles. The Hall–Kier alpha value is -3.37. The topological polar surface area (TPSA) is 39.9 Å². The van der Waals surface area contributed by atoms with Gasteiger partial charge in [-0.05, 0) is 29.3 Å². The van der Waals surface area contributed by atoms with Gasteiger partial charge in [0.1, 0.15) is 18.4 Å². The van der Waals surface area contributed by atoms with Gasteiger partial charge >= 0.3 is 0 Å². The summed E-state index contributed by atoms with van der Waals surface area (Å²) in [6, 6.07) is 26.0. The van der Waals surface area contributed by atoms with Gasteiger partial charge in [-0.2, -0.15) is 5.10 Å². The Bertz CT molecular complexity index is 1050. The van der Waals surface area contributed by atoms with Gasteiger partial charge in [-0.25, -0.2) is 9.67 Å². The molecule has 138 valence electrons. The van der Waals surface area contributed by atoms with Crippen LogP contribution in [0.4, 0.5) is 0 Å². The van der Waals surface area contributed by atoms with Gasteiger partial charge in [0.05, 0.1) is 12.8 Å². The molecule has 0 aliphatic rings. The number of halogens is 1. The Morgan fingerprint density at radius 2 is 1.54 bits per heavy atom. The molecular weight excluding hydrogens is 370 g/mol. The Morgan fingerprint density at radius 1 is 0.893 bits per heavy atom. The van der Waals surface area contributed by atoms with Crippen molar-refractivity contribution in [1.29, 1.82) is 0 Å². The molecule has 0 aliphatic heterocycles. The van der Waals surface area contributed by atoms with Crippen molar-refractivity contribution >= 4 is 22.9 Å². The molecule has 28 heavy (non-hydrogen) atoms. The lowest BCUT2D eigenvalue weighted by Crippen LogP contribution is -2.06. The fraction of sp³-hybridized carbons (Fsp3) is 0.0435. The largest absolute Gasteiger partial charge is 0.496 e. The van der Waals surface area contributed by atoms with Gasteiger partial charge in [0.2, 0.25) is 0 Å². The molecule has 4 aromatic rings. The third kappa shape index (κ3) is 3.55. The molecule has 4 nitrogen and oxygen atoms in total. The minimum Gasteiger partial charge on any atom is -0.496 e. The first-order valence-electron chi connectivity index (χ1n) is 8.82. The number of nitrogens with zero attached hydrogens (tertiary/aromatic N) is 3. The van der Waals surface area contributed by atoms with Crippen molar-refractivity contribution in [3.05, 3.63) is 113 Å². The van der Waals surface area contributed by atoms with E-state index in [-0.39, 0.29) is 0 Å². The fourth-order valence-corrected chi connectivity index (χ4v) is 3.38. The lowest BCUT2D eigenvalue weighted by Gasteiger charge is -2.19. The molecule has 0 atom stereocenters. The maximum Gasteiger partial charge on any atom is 0.138 e. The van der Waals surface area contributed by atoms with Crippen LogP contribution < -0.4 is 4.74 Å². The van der Waals surface area contributed by atoms with Crippen LogP contribution in [0.3, 0.4) is 0 Å². The maximum atomic E-state index is 6.35. The van der Waals surface area contributed by atoms with E-state index < -0.39 is 0 Å². The van der Waals surface area contributed by atoms with Crippen LogP contribution in [0.5, 0.6) is 5.75 Å². The van der Waals surface area contributed by atoms with Crippen LogP contribution in [0, 0.1) is 0 Å². The summed E-state index contributed by atoms with van der Waals surface area (Å²) in [7, 11) is 1.65. The standard InChI is InChI=1S/C23H18ClN3O/c1-28-21-13-12-19(24)14-20(21)23(27-16-25-15-26-27)22(17-8-4-2-5-9-17)18-10-6-3-7-11-18/h2-16H,1H3. The predicted molar refractivity (Wildman–Crippen MR) is 112 cm³/mol.